The number of esters is 1. The highest BCUT2D eigenvalue weighted by Gasteiger charge is 2.70. The molecular formula is C29H46N6O6. The summed E-state index contributed by atoms with van der Waals surface area (Å²) in [6.07, 6.45) is 3.04. The van der Waals surface area contributed by atoms with Gasteiger partial charge in [0, 0.05) is 19.0 Å². The van der Waals surface area contributed by atoms with Crippen molar-refractivity contribution < 1.29 is 28.7 Å². The monoisotopic (exact) mass is 574 g/mol. The SMILES string of the molecule is COC(=O)C(CC1CCCn2cnnc21)NC(=O)[C@@H]1[C@@H]2[C@H](CN1C(=O)[C@@H](NC(=O)OC(C)(C)C)C(C)(C)C)C2(C)C. The van der Waals surface area contributed by atoms with Gasteiger partial charge in [-0.3, -0.25) is 9.59 Å². The van der Waals surface area contributed by atoms with Crippen molar-refractivity contribution in [3.8, 4) is 0 Å². The van der Waals surface area contributed by atoms with Crippen LogP contribution in [-0.2, 0) is 30.4 Å². The molecule has 12 nitrogen and oxygen atoms in total. The van der Waals surface area contributed by atoms with Crippen LogP contribution in [0.4, 0.5) is 4.79 Å². The summed E-state index contributed by atoms with van der Waals surface area (Å²) in [6.45, 7) is 16.2. The summed E-state index contributed by atoms with van der Waals surface area (Å²) < 4.78 is 12.5. The van der Waals surface area contributed by atoms with Crippen molar-refractivity contribution in [1.82, 2.24) is 30.3 Å². The summed E-state index contributed by atoms with van der Waals surface area (Å²) in [5.41, 5.74) is -1.51. The van der Waals surface area contributed by atoms with Gasteiger partial charge in [-0.05, 0) is 62.7 Å². The number of hydrogen-bond donors (Lipinski definition) is 2. The highest BCUT2D eigenvalue weighted by atomic mass is 16.6. The lowest BCUT2D eigenvalue weighted by atomic mass is 9.85. The molecule has 0 radical (unpaired) electrons. The molecule has 1 aliphatic carbocycles. The van der Waals surface area contributed by atoms with Crippen LogP contribution >= 0.6 is 0 Å². The molecule has 1 saturated heterocycles. The quantitative estimate of drug-likeness (QED) is 0.473. The summed E-state index contributed by atoms with van der Waals surface area (Å²) >= 11 is 0. The molecule has 2 fully saturated rings. The van der Waals surface area contributed by atoms with Gasteiger partial charge in [0.15, 0.2) is 0 Å². The fourth-order valence-corrected chi connectivity index (χ4v) is 6.56. The average Bonchev–Trinajstić information content (AvgIpc) is 3.26. The molecule has 3 amide bonds. The van der Waals surface area contributed by atoms with Crippen LogP contribution in [0.3, 0.4) is 0 Å². The predicted molar refractivity (Wildman–Crippen MR) is 149 cm³/mol. The molecule has 4 rings (SSSR count). The van der Waals surface area contributed by atoms with Gasteiger partial charge in [0.1, 0.15) is 35.9 Å². The summed E-state index contributed by atoms with van der Waals surface area (Å²) in [7, 11) is 1.30. The zero-order valence-corrected chi connectivity index (χ0v) is 25.8. The standard InChI is InChI=1S/C29H46N6O6/c1-27(2,3)21(32-26(39)41-28(4,5)6)24(37)35-14-17-19(29(17,7)8)20(35)23(36)31-18(25(38)40-9)13-16-11-10-12-34-15-30-33-22(16)34/h15-21H,10-14H2,1-9H3,(H,31,36)(H,32,39)/t16?,17-,18?,19-,20-,21+/m0/s1. The van der Waals surface area contributed by atoms with Gasteiger partial charge in [-0.15, -0.1) is 10.2 Å². The predicted octanol–water partition coefficient (Wildman–Crippen LogP) is 2.63. The van der Waals surface area contributed by atoms with Gasteiger partial charge in [-0.25, -0.2) is 9.59 Å². The topological polar surface area (TPSA) is 145 Å². The van der Waals surface area contributed by atoms with E-state index in [4.69, 9.17) is 9.47 Å². The molecule has 3 aliphatic rings. The number of aryl methyl sites for hydroxylation is 1. The zero-order valence-electron chi connectivity index (χ0n) is 25.8. The Balaban J connectivity index is 1.55. The molecule has 41 heavy (non-hydrogen) atoms. The van der Waals surface area contributed by atoms with Crippen LogP contribution in [0.1, 0.15) is 86.4 Å². The van der Waals surface area contributed by atoms with Crippen molar-refractivity contribution in [2.24, 2.45) is 22.7 Å². The lowest BCUT2D eigenvalue weighted by molar-refractivity contribution is -0.148. The van der Waals surface area contributed by atoms with E-state index in [2.05, 4.69) is 34.7 Å². The Morgan fingerprint density at radius 1 is 1.12 bits per heavy atom. The molecule has 2 N–H and O–H groups in total. The van der Waals surface area contributed by atoms with Gasteiger partial charge < -0.3 is 29.6 Å². The molecule has 2 unspecified atom stereocenters. The minimum atomic E-state index is -0.918. The molecule has 1 aromatic rings. The third-order valence-corrected chi connectivity index (χ3v) is 8.82. The smallest absolute Gasteiger partial charge is 0.408 e. The van der Waals surface area contributed by atoms with E-state index in [9.17, 15) is 19.2 Å². The van der Waals surface area contributed by atoms with Gasteiger partial charge in [0.25, 0.3) is 0 Å². The molecule has 0 spiro atoms. The Kier molecular flexibility index (Phi) is 8.18. The first-order valence-electron chi connectivity index (χ1n) is 14.5. The first kappa shape index (κ1) is 30.8. The van der Waals surface area contributed by atoms with E-state index in [1.165, 1.54) is 7.11 Å². The molecule has 1 aromatic heterocycles. The molecule has 0 bridgehead atoms. The van der Waals surface area contributed by atoms with E-state index in [-0.39, 0.29) is 29.1 Å². The number of likely N-dealkylation sites (tertiary alicyclic amines) is 1. The van der Waals surface area contributed by atoms with Crippen LogP contribution in [0.5, 0.6) is 0 Å². The summed E-state index contributed by atoms with van der Waals surface area (Å²) in [4.78, 5) is 55.2. The van der Waals surface area contributed by atoms with Gasteiger partial charge in [0.05, 0.1) is 7.11 Å². The van der Waals surface area contributed by atoms with Crippen molar-refractivity contribution in [2.75, 3.05) is 13.7 Å². The molecule has 6 atom stereocenters. The van der Waals surface area contributed by atoms with Crippen molar-refractivity contribution >= 4 is 23.9 Å². The number of aromatic nitrogens is 3. The molecule has 1 saturated carbocycles. The number of methoxy groups -OCH3 is 1. The minimum Gasteiger partial charge on any atom is -0.467 e. The second-order valence-electron chi connectivity index (χ2n) is 14.4. The molecule has 0 aromatic carbocycles. The van der Waals surface area contributed by atoms with E-state index in [1.807, 2.05) is 25.3 Å². The molecular weight excluding hydrogens is 528 g/mol. The fourth-order valence-electron chi connectivity index (χ4n) is 6.56. The van der Waals surface area contributed by atoms with Gasteiger partial charge in [0.2, 0.25) is 11.8 Å². The second-order valence-corrected chi connectivity index (χ2v) is 14.4. The Morgan fingerprint density at radius 2 is 1.80 bits per heavy atom. The second kappa shape index (κ2) is 10.9. The average molecular weight is 575 g/mol. The number of hydrogen-bond acceptors (Lipinski definition) is 8. The number of nitrogens with one attached hydrogen (secondary N) is 2. The van der Waals surface area contributed by atoms with E-state index in [0.717, 1.165) is 25.2 Å². The molecule has 12 heteroatoms. The van der Waals surface area contributed by atoms with Crippen molar-refractivity contribution in [1.29, 1.82) is 0 Å². The van der Waals surface area contributed by atoms with E-state index in [1.54, 1.807) is 32.0 Å². The van der Waals surface area contributed by atoms with Crippen LogP contribution in [0.25, 0.3) is 0 Å². The van der Waals surface area contributed by atoms with E-state index < -0.39 is 47.1 Å². The Bertz CT molecular complexity index is 1180. The summed E-state index contributed by atoms with van der Waals surface area (Å²) in [5.74, 6) is -0.485. The molecule has 228 valence electrons. The van der Waals surface area contributed by atoms with Crippen LogP contribution in [0.2, 0.25) is 0 Å². The van der Waals surface area contributed by atoms with Crippen LogP contribution in [-0.4, -0.2) is 80.9 Å². The summed E-state index contributed by atoms with van der Waals surface area (Å²) in [6, 6.07) is -2.61. The normalized spacial score (nSPS) is 26.2. The minimum absolute atomic E-state index is 0.0645. The van der Waals surface area contributed by atoms with Crippen LogP contribution in [0.15, 0.2) is 6.33 Å². The highest BCUT2D eigenvalue weighted by Crippen LogP contribution is 2.65. The molecule has 3 heterocycles. The number of amides is 3. The lowest BCUT2D eigenvalue weighted by Gasteiger charge is -2.38. The third kappa shape index (κ3) is 6.35. The number of alkyl carbamates (subject to hydrolysis) is 1. The maximum Gasteiger partial charge on any atom is 0.408 e. The largest absolute Gasteiger partial charge is 0.467 e. The van der Waals surface area contributed by atoms with Gasteiger partial charge >= 0.3 is 12.1 Å². The number of ether oxygens (including phenoxy) is 2. The number of carbonyl (C=O) groups excluding carboxylic acids is 4. The Labute approximate surface area is 242 Å². The van der Waals surface area contributed by atoms with E-state index >= 15 is 0 Å². The third-order valence-electron chi connectivity index (χ3n) is 8.82. The number of carbonyl (C=O) groups is 4. The maximum atomic E-state index is 14.1. The van der Waals surface area contributed by atoms with Gasteiger partial charge in [-0.2, -0.15) is 0 Å². The van der Waals surface area contributed by atoms with Crippen LogP contribution < -0.4 is 10.6 Å². The number of fused-ring (bicyclic) bond motifs is 2. The first-order valence-corrected chi connectivity index (χ1v) is 14.5. The Morgan fingerprint density at radius 3 is 2.41 bits per heavy atom. The summed E-state index contributed by atoms with van der Waals surface area (Å²) in [5, 5.41) is 13.9. The number of rotatable bonds is 7. The molecule has 2 aliphatic heterocycles. The van der Waals surface area contributed by atoms with E-state index in [0.29, 0.717) is 13.0 Å². The van der Waals surface area contributed by atoms with Gasteiger partial charge in [-0.1, -0.05) is 34.6 Å². The lowest BCUT2D eigenvalue weighted by Crippen LogP contribution is -2.60. The van der Waals surface area contributed by atoms with Crippen molar-refractivity contribution in [3.63, 3.8) is 0 Å². The first-order chi connectivity index (χ1) is 19.0. The number of piperidine rings is 1. The maximum absolute atomic E-state index is 14.1. The zero-order chi connectivity index (χ0) is 30.5. The van der Waals surface area contributed by atoms with Crippen LogP contribution in [0, 0.1) is 22.7 Å². The highest BCUT2D eigenvalue weighted by molar-refractivity contribution is 5.95. The van der Waals surface area contributed by atoms with Crippen molar-refractivity contribution in [2.45, 2.75) is 111 Å². The number of nitrogens with zero attached hydrogens (tertiary/aromatic N) is 4. The van der Waals surface area contributed by atoms with Crippen molar-refractivity contribution in [3.05, 3.63) is 12.2 Å². The Hall–Kier alpha value is -3.18. The fraction of sp³-hybridized carbons (Fsp3) is 0.793.